The van der Waals surface area contributed by atoms with Gasteiger partial charge in [-0.2, -0.15) is 0 Å². The summed E-state index contributed by atoms with van der Waals surface area (Å²) >= 11 is 0. The number of rotatable bonds is 7. The number of hydrogen-bond acceptors (Lipinski definition) is 5. The Morgan fingerprint density at radius 1 is 1.10 bits per heavy atom. The van der Waals surface area contributed by atoms with Crippen LogP contribution in [0.3, 0.4) is 0 Å². The van der Waals surface area contributed by atoms with E-state index in [1.807, 2.05) is 26.0 Å². The summed E-state index contributed by atoms with van der Waals surface area (Å²) < 4.78 is 23.5. The van der Waals surface area contributed by atoms with Crippen molar-refractivity contribution in [3.63, 3.8) is 0 Å². The average Bonchev–Trinajstić information content (AvgIpc) is 3.65. The number of piperidine rings is 1. The average molecular weight is 563 g/mol. The molecule has 9 nitrogen and oxygen atoms in total. The maximum Gasteiger partial charge on any atom is 0.331 e. The summed E-state index contributed by atoms with van der Waals surface area (Å²) in [5.74, 6) is 0.434. The van der Waals surface area contributed by atoms with Gasteiger partial charge in [-0.15, -0.1) is 0 Å². The summed E-state index contributed by atoms with van der Waals surface area (Å²) in [5.41, 5.74) is 0.892. The van der Waals surface area contributed by atoms with Crippen LogP contribution < -0.4 is 21.3 Å². The SMILES string of the molecule is CC(C)n1c(=O)n(CC2CC2)c(=O)c2cc(NC(=O)N3CCCC(CC(=O)c4ccc5c(c4)CCO5)C3)c(F)cc21. The fourth-order valence-electron chi connectivity index (χ4n) is 6.06. The van der Waals surface area contributed by atoms with E-state index in [1.165, 1.54) is 15.2 Å². The molecule has 10 heteroatoms. The van der Waals surface area contributed by atoms with E-state index in [1.54, 1.807) is 11.0 Å². The molecule has 0 bridgehead atoms. The number of aromatic nitrogens is 2. The minimum Gasteiger partial charge on any atom is -0.493 e. The maximum absolute atomic E-state index is 15.3. The Hall–Kier alpha value is -3.95. The van der Waals surface area contributed by atoms with Gasteiger partial charge >= 0.3 is 11.7 Å². The van der Waals surface area contributed by atoms with Crippen molar-refractivity contribution in [2.45, 2.75) is 65.0 Å². The van der Waals surface area contributed by atoms with Crippen molar-refractivity contribution in [2.24, 2.45) is 11.8 Å². The highest BCUT2D eigenvalue weighted by Gasteiger charge is 2.28. The first-order valence-electron chi connectivity index (χ1n) is 14.5. The van der Waals surface area contributed by atoms with E-state index >= 15 is 4.39 Å². The first-order valence-corrected chi connectivity index (χ1v) is 14.5. The number of ether oxygens (including phenoxy) is 1. The fourth-order valence-corrected chi connectivity index (χ4v) is 6.06. The number of anilines is 1. The number of halogens is 1. The molecule has 216 valence electrons. The lowest BCUT2D eigenvalue weighted by atomic mass is 9.90. The lowest BCUT2D eigenvalue weighted by Gasteiger charge is -2.32. The van der Waals surface area contributed by atoms with Crippen molar-refractivity contribution in [2.75, 3.05) is 25.0 Å². The van der Waals surface area contributed by atoms with Crippen LogP contribution in [0.25, 0.3) is 10.9 Å². The largest absolute Gasteiger partial charge is 0.493 e. The van der Waals surface area contributed by atoms with Crippen LogP contribution in [0, 0.1) is 17.7 Å². The number of Topliss-reactive ketones (excluding diaryl/α,β-unsaturated/α-hetero) is 1. The summed E-state index contributed by atoms with van der Waals surface area (Å²) in [6, 6.07) is 7.27. The summed E-state index contributed by atoms with van der Waals surface area (Å²) in [5, 5.41) is 2.84. The van der Waals surface area contributed by atoms with Gasteiger partial charge in [0, 0.05) is 50.1 Å². The van der Waals surface area contributed by atoms with Gasteiger partial charge in [0.05, 0.1) is 23.2 Å². The molecule has 0 spiro atoms. The van der Waals surface area contributed by atoms with Crippen molar-refractivity contribution >= 4 is 28.4 Å². The van der Waals surface area contributed by atoms with Crippen LogP contribution in [0.15, 0.2) is 39.9 Å². The molecule has 0 radical (unpaired) electrons. The van der Waals surface area contributed by atoms with Crippen LogP contribution in [0.1, 0.15) is 67.9 Å². The zero-order chi connectivity index (χ0) is 28.8. The van der Waals surface area contributed by atoms with Gasteiger partial charge in [0.1, 0.15) is 11.6 Å². The Balaban J connectivity index is 1.20. The molecule has 1 N–H and O–H groups in total. The molecule has 3 aliphatic rings. The van der Waals surface area contributed by atoms with E-state index in [0.29, 0.717) is 44.1 Å². The Labute approximate surface area is 236 Å². The van der Waals surface area contributed by atoms with Crippen molar-refractivity contribution < 1.29 is 18.7 Å². The third-order valence-electron chi connectivity index (χ3n) is 8.44. The number of hydrogen-bond donors (Lipinski definition) is 1. The van der Waals surface area contributed by atoms with E-state index in [0.717, 1.165) is 49.5 Å². The molecule has 6 rings (SSSR count). The molecule has 1 atom stereocenters. The molecule has 41 heavy (non-hydrogen) atoms. The van der Waals surface area contributed by atoms with Crippen LogP contribution in [0.2, 0.25) is 0 Å². The highest BCUT2D eigenvalue weighted by Crippen LogP contribution is 2.31. The number of urea groups is 1. The second-order valence-electron chi connectivity index (χ2n) is 11.9. The normalized spacial score (nSPS) is 18.4. The van der Waals surface area contributed by atoms with E-state index in [2.05, 4.69) is 5.32 Å². The lowest BCUT2D eigenvalue weighted by molar-refractivity contribution is 0.0931. The third-order valence-corrected chi connectivity index (χ3v) is 8.44. The first-order chi connectivity index (χ1) is 19.7. The smallest absolute Gasteiger partial charge is 0.331 e. The van der Waals surface area contributed by atoms with Crippen LogP contribution in [-0.4, -0.2) is 45.5 Å². The number of nitrogens with one attached hydrogen (secondary N) is 1. The highest BCUT2D eigenvalue weighted by atomic mass is 19.1. The standard InChI is InChI=1S/C31H35FN4O5/c1-18(2)36-26-15-24(32)25(14-23(26)29(38)35(31(36)40)17-19-5-6-19)33-30(39)34-10-3-4-20(16-34)12-27(37)21-7-8-28-22(13-21)9-11-41-28/h7-8,13-15,18-20H,3-6,9-12,16-17H2,1-2H3,(H,33,39). The molecule has 1 unspecified atom stereocenters. The molecular formula is C31H35FN4O5. The van der Waals surface area contributed by atoms with Gasteiger partial charge in [-0.1, -0.05) is 0 Å². The molecule has 3 aromatic rings. The molecule has 2 aliphatic heterocycles. The third kappa shape index (κ3) is 5.39. The van der Waals surface area contributed by atoms with Crippen LogP contribution in [0.5, 0.6) is 5.75 Å². The Bertz CT molecular complexity index is 1650. The summed E-state index contributed by atoms with van der Waals surface area (Å²) in [4.78, 5) is 54.3. The Morgan fingerprint density at radius 3 is 2.66 bits per heavy atom. The summed E-state index contributed by atoms with van der Waals surface area (Å²) in [6.45, 7) is 5.47. The number of amides is 2. The summed E-state index contributed by atoms with van der Waals surface area (Å²) in [7, 11) is 0. The molecular weight excluding hydrogens is 527 g/mol. The molecule has 2 fully saturated rings. The predicted octanol–water partition coefficient (Wildman–Crippen LogP) is 4.75. The van der Waals surface area contributed by atoms with Crippen molar-refractivity contribution in [1.29, 1.82) is 0 Å². The minimum absolute atomic E-state index is 0.0111. The predicted molar refractivity (Wildman–Crippen MR) is 153 cm³/mol. The number of ketones is 1. The Morgan fingerprint density at radius 2 is 1.90 bits per heavy atom. The lowest BCUT2D eigenvalue weighted by Crippen LogP contribution is -2.43. The highest BCUT2D eigenvalue weighted by molar-refractivity contribution is 5.97. The van der Waals surface area contributed by atoms with Crippen molar-refractivity contribution in [1.82, 2.24) is 14.0 Å². The number of benzene rings is 2. The number of likely N-dealkylation sites (tertiary alicyclic amines) is 1. The van der Waals surface area contributed by atoms with Crippen molar-refractivity contribution in [3.05, 3.63) is 68.1 Å². The Kier molecular flexibility index (Phi) is 7.17. The number of nitrogens with zero attached hydrogens (tertiary/aromatic N) is 3. The van der Waals surface area contributed by atoms with Gasteiger partial charge in [-0.3, -0.25) is 18.7 Å². The molecule has 2 amide bonds. The van der Waals surface area contributed by atoms with Crippen molar-refractivity contribution in [3.8, 4) is 5.75 Å². The van der Waals surface area contributed by atoms with Gasteiger partial charge in [0.2, 0.25) is 0 Å². The molecule has 1 aromatic heterocycles. The monoisotopic (exact) mass is 562 g/mol. The molecule has 1 saturated heterocycles. The van der Waals surface area contributed by atoms with E-state index in [9.17, 15) is 19.2 Å². The van der Waals surface area contributed by atoms with Crippen LogP contribution in [0.4, 0.5) is 14.9 Å². The van der Waals surface area contributed by atoms with Gasteiger partial charge in [-0.25, -0.2) is 14.0 Å². The van der Waals surface area contributed by atoms with Crippen LogP contribution >= 0.6 is 0 Å². The zero-order valence-electron chi connectivity index (χ0n) is 23.5. The minimum atomic E-state index is -0.719. The van der Waals surface area contributed by atoms with E-state index in [-0.39, 0.29) is 34.3 Å². The van der Waals surface area contributed by atoms with Crippen LogP contribution in [-0.2, 0) is 13.0 Å². The summed E-state index contributed by atoms with van der Waals surface area (Å²) in [6.07, 6.45) is 4.61. The fraction of sp³-hybridized carbons (Fsp3) is 0.484. The topological polar surface area (TPSA) is 103 Å². The quantitative estimate of drug-likeness (QED) is 0.419. The first kappa shape index (κ1) is 27.2. The maximum atomic E-state index is 15.3. The molecule has 3 heterocycles. The second-order valence-corrected chi connectivity index (χ2v) is 11.9. The zero-order valence-corrected chi connectivity index (χ0v) is 23.5. The number of carbonyl (C=O) groups excluding carboxylic acids is 2. The molecule has 1 aliphatic carbocycles. The van der Waals surface area contributed by atoms with Gasteiger partial charge in [0.15, 0.2) is 5.78 Å². The molecule has 1 saturated carbocycles. The number of carbonyl (C=O) groups is 2. The van der Waals surface area contributed by atoms with Gasteiger partial charge < -0.3 is 15.0 Å². The second kappa shape index (κ2) is 10.8. The van der Waals surface area contributed by atoms with E-state index in [4.69, 9.17) is 4.74 Å². The van der Waals surface area contributed by atoms with Gasteiger partial charge in [0.25, 0.3) is 5.56 Å². The number of fused-ring (bicyclic) bond motifs is 2. The van der Waals surface area contributed by atoms with Gasteiger partial charge in [-0.05, 0) is 81.2 Å². The molecule has 2 aromatic carbocycles. The van der Waals surface area contributed by atoms with E-state index < -0.39 is 23.1 Å².